The molecule has 43 heavy (non-hydrogen) atoms. The molecule has 230 valence electrons. The lowest BCUT2D eigenvalue weighted by molar-refractivity contribution is -0.139. The third-order valence-corrected chi connectivity index (χ3v) is 6.49. The molecular formula is C31H28F6O6. The van der Waals surface area contributed by atoms with Gasteiger partial charge in [0.1, 0.15) is 22.6 Å². The van der Waals surface area contributed by atoms with Crippen LogP contribution in [0.2, 0.25) is 0 Å². The first kappa shape index (κ1) is 33.0. The Morgan fingerprint density at radius 1 is 0.698 bits per heavy atom. The summed E-state index contributed by atoms with van der Waals surface area (Å²) in [7, 11) is 3.81. The van der Waals surface area contributed by atoms with Crippen LogP contribution in [0.3, 0.4) is 0 Å². The SMILES string of the molecule is COC(=O)c1cc(C(=CCCCc2ccccc2)c2cc(C(=O)OC)c(OC)c(C(F)(F)F)c2)cc(C(F)(F)F)c1OC. The van der Waals surface area contributed by atoms with Crippen LogP contribution in [-0.2, 0) is 28.2 Å². The molecule has 3 aromatic rings. The zero-order chi connectivity index (χ0) is 31.9. The largest absolute Gasteiger partial charge is 0.495 e. The van der Waals surface area contributed by atoms with Crippen molar-refractivity contribution < 1.29 is 54.9 Å². The van der Waals surface area contributed by atoms with Crippen molar-refractivity contribution in [2.75, 3.05) is 28.4 Å². The Balaban J connectivity index is 2.35. The normalized spacial score (nSPS) is 11.5. The Hall–Kier alpha value is -4.48. The summed E-state index contributed by atoms with van der Waals surface area (Å²) in [5, 5.41) is 0. The van der Waals surface area contributed by atoms with Gasteiger partial charge in [-0.05, 0) is 65.8 Å². The second kappa shape index (κ2) is 13.7. The first-order valence-corrected chi connectivity index (χ1v) is 12.8. The fraction of sp³-hybridized carbons (Fsp3) is 0.290. The molecule has 3 aromatic carbocycles. The smallest absolute Gasteiger partial charge is 0.420 e. The Bertz CT molecular complexity index is 1410. The average Bonchev–Trinajstić information content (AvgIpc) is 2.98. The van der Waals surface area contributed by atoms with Gasteiger partial charge < -0.3 is 18.9 Å². The number of hydrogen-bond donors (Lipinski definition) is 0. The number of halogens is 6. The fourth-order valence-corrected chi connectivity index (χ4v) is 4.55. The number of allylic oxidation sites excluding steroid dienone is 1. The van der Waals surface area contributed by atoms with E-state index in [2.05, 4.69) is 9.47 Å². The third-order valence-electron chi connectivity index (χ3n) is 6.49. The van der Waals surface area contributed by atoms with E-state index in [1.54, 1.807) is 0 Å². The lowest BCUT2D eigenvalue weighted by atomic mass is 9.90. The minimum absolute atomic E-state index is 0.107. The van der Waals surface area contributed by atoms with Gasteiger partial charge in [0.15, 0.2) is 0 Å². The third kappa shape index (κ3) is 7.68. The molecule has 0 spiro atoms. The number of aryl methyl sites for hydroxylation is 1. The Kier molecular flexibility index (Phi) is 10.5. The summed E-state index contributed by atoms with van der Waals surface area (Å²) in [5.74, 6) is -3.94. The van der Waals surface area contributed by atoms with Crippen molar-refractivity contribution in [2.24, 2.45) is 0 Å². The van der Waals surface area contributed by atoms with E-state index in [-0.39, 0.29) is 23.1 Å². The van der Waals surface area contributed by atoms with E-state index in [1.807, 2.05) is 30.3 Å². The molecule has 0 saturated heterocycles. The van der Waals surface area contributed by atoms with Gasteiger partial charge in [-0.2, -0.15) is 26.3 Å². The molecule has 0 bridgehead atoms. The summed E-state index contributed by atoms with van der Waals surface area (Å²) in [6.45, 7) is 0. The molecule has 0 unspecified atom stereocenters. The molecule has 0 aliphatic carbocycles. The van der Waals surface area contributed by atoms with Crippen LogP contribution in [-0.4, -0.2) is 40.4 Å². The summed E-state index contributed by atoms with van der Waals surface area (Å²) >= 11 is 0. The predicted octanol–water partition coefficient (Wildman–Crippen LogP) is 7.77. The zero-order valence-electron chi connectivity index (χ0n) is 23.6. The standard InChI is InChI=1S/C31H28F6O6/c1-40-26-22(28(38)42-3)14-19(16-24(26)30(32,33)34)21(13-9-8-12-18-10-6-5-7-11-18)20-15-23(29(39)43-4)27(41-2)25(17-20)31(35,36)37/h5-7,10-11,13-17H,8-9,12H2,1-4H3. The van der Waals surface area contributed by atoms with Crippen molar-refractivity contribution in [2.45, 2.75) is 31.6 Å². The van der Waals surface area contributed by atoms with Crippen molar-refractivity contribution in [3.05, 3.63) is 99.6 Å². The minimum Gasteiger partial charge on any atom is -0.495 e. The molecule has 0 saturated carbocycles. The van der Waals surface area contributed by atoms with Gasteiger partial charge in [0, 0.05) is 0 Å². The van der Waals surface area contributed by atoms with Crippen LogP contribution in [0.25, 0.3) is 5.57 Å². The van der Waals surface area contributed by atoms with Crippen LogP contribution in [0.1, 0.15) is 61.4 Å². The van der Waals surface area contributed by atoms with Gasteiger partial charge in [0.25, 0.3) is 0 Å². The molecule has 0 aromatic heterocycles. The number of benzene rings is 3. The van der Waals surface area contributed by atoms with Crippen molar-refractivity contribution in [1.82, 2.24) is 0 Å². The van der Waals surface area contributed by atoms with Crippen molar-refractivity contribution in [3.8, 4) is 11.5 Å². The molecule has 0 fully saturated rings. The first-order chi connectivity index (χ1) is 20.3. The van der Waals surface area contributed by atoms with Crippen LogP contribution in [0, 0.1) is 0 Å². The van der Waals surface area contributed by atoms with E-state index < -0.39 is 58.0 Å². The molecule has 0 N–H and O–H groups in total. The first-order valence-electron chi connectivity index (χ1n) is 12.8. The summed E-state index contributed by atoms with van der Waals surface area (Å²) in [5.41, 5.74) is -3.53. The summed E-state index contributed by atoms with van der Waals surface area (Å²) < 4.78 is 104. The molecule has 6 nitrogen and oxygen atoms in total. The number of rotatable bonds is 10. The van der Waals surface area contributed by atoms with Crippen molar-refractivity contribution in [3.63, 3.8) is 0 Å². The summed E-state index contributed by atoms with van der Waals surface area (Å²) in [6.07, 6.45) is -7.32. The molecular weight excluding hydrogens is 582 g/mol. The maximum atomic E-state index is 14.2. The van der Waals surface area contributed by atoms with Gasteiger partial charge in [-0.15, -0.1) is 0 Å². The highest BCUT2D eigenvalue weighted by Crippen LogP contribution is 2.44. The van der Waals surface area contributed by atoms with Gasteiger partial charge in [0.05, 0.1) is 39.6 Å². The molecule has 0 atom stereocenters. The highest BCUT2D eigenvalue weighted by Gasteiger charge is 2.39. The van der Waals surface area contributed by atoms with Crippen LogP contribution in [0.4, 0.5) is 26.3 Å². The zero-order valence-corrected chi connectivity index (χ0v) is 23.6. The Labute approximate surface area is 243 Å². The Morgan fingerprint density at radius 3 is 1.51 bits per heavy atom. The second-order valence-corrected chi connectivity index (χ2v) is 9.18. The van der Waals surface area contributed by atoms with Gasteiger partial charge in [-0.3, -0.25) is 0 Å². The lowest BCUT2D eigenvalue weighted by Gasteiger charge is -2.21. The number of esters is 2. The van der Waals surface area contributed by atoms with E-state index in [0.717, 1.165) is 46.1 Å². The van der Waals surface area contributed by atoms with Gasteiger partial charge in [0.2, 0.25) is 0 Å². The lowest BCUT2D eigenvalue weighted by Crippen LogP contribution is -2.15. The number of ether oxygens (including phenoxy) is 4. The van der Waals surface area contributed by atoms with Crippen molar-refractivity contribution >= 4 is 17.5 Å². The molecule has 0 aliphatic rings. The fourth-order valence-electron chi connectivity index (χ4n) is 4.55. The summed E-state index contributed by atoms with van der Waals surface area (Å²) in [6, 6.07) is 12.7. The van der Waals surface area contributed by atoms with E-state index in [0.29, 0.717) is 25.0 Å². The monoisotopic (exact) mass is 610 g/mol. The van der Waals surface area contributed by atoms with Gasteiger partial charge in [-0.25, -0.2) is 9.59 Å². The van der Waals surface area contributed by atoms with E-state index in [4.69, 9.17) is 9.47 Å². The molecule has 0 aliphatic heterocycles. The number of carbonyl (C=O) groups excluding carboxylic acids is 2. The predicted molar refractivity (Wildman–Crippen MR) is 145 cm³/mol. The summed E-state index contributed by atoms with van der Waals surface area (Å²) in [4.78, 5) is 25.1. The van der Waals surface area contributed by atoms with Crippen LogP contribution < -0.4 is 9.47 Å². The Morgan fingerprint density at radius 2 is 1.14 bits per heavy atom. The van der Waals surface area contributed by atoms with Crippen LogP contribution in [0.15, 0.2) is 60.7 Å². The highest BCUT2D eigenvalue weighted by molar-refractivity contribution is 5.97. The van der Waals surface area contributed by atoms with E-state index >= 15 is 0 Å². The van der Waals surface area contributed by atoms with Gasteiger partial charge >= 0.3 is 24.3 Å². The van der Waals surface area contributed by atoms with E-state index in [1.165, 1.54) is 6.08 Å². The maximum absolute atomic E-state index is 14.2. The molecule has 0 radical (unpaired) electrons. The average molecular weight is 611 g/mol. The minimum atomic E-state index is -5.02. The highest BCUT2D eigenvalue weighted by atomic mass is 19.4. The molecule has 0 amide bonds. The number of hydrogen-bond acceptors (Lipinski definition) is 6. The van der Waals surface area contributed by atoms with Crippen LogP contribution in [0.5, 0.6) is 11.5 Å². The topological polar surface area (TPSA) is 71.1 Å². The number of carbonyl (C=O) groups is 2. The maximum Gasteiger partial charge on any atom is 0.420 e. The number of methoxy groups -OCH3 is 4. The molecule has 3 rings (SSSR count). The van der Waals surface area contributed by atoms with Gasteiger partial charge in [-0.1, -0.05) is 36.4 Å². The van der Waals surface area contributed by atoms with E-state index in [9.17, 15) is 35.9 Å². The number of unbranched alkanes of at least 4 members (excludes halogenated alkanes) is 1. The number of alkyl halides is 6. The molecule has 0 heterocycles. The quantitative estimate of drug-likeness (QED) is 0.133. The van der Waals surface area contributed by atoms with Crippen LogP contribution >= 0.6 is 0 Å². The van der Waals surface area contributed by atoms with Crippen molar-refractivity contribution in [1.29, 1.82) is 0 Å². The second-order valence-electron chi connectivity index (χ2n) is 9.18. The molecule has 12 heteroatoms.